The van der Waals surface area contributed by atoms with Gasteiger partial charge in [0.1, 0.15) is 19.8 Å². The molecule has 0 aromatic carbocycles. The second-order valence-electron chi connectivity index (χ2n) is 16.0. The molecule has 0 aromatic rings. The highest BCUT2D eigenvalue weighted by Crippen LogP contribution is 2.38. The Morgan fingerprint density at radius 2 is 1.00 bits per heavy atom. The topological polar surface area (TPSA) is 111 Å². The molecule has 0 N–H and O–H groups in total. The van der Waals surface area contributed by atoms with Crippen molar-refractivity contribution in [2.75, 3.05) is 47.5 Å². The number of rotatable bonds is 38. The van der Waals surface area contributed by atoms with Gasteiger partial charge in [-0.1, -0.05) is 168 Å². The maximum atomic E-state index is 12.6. The molecule has 0 fully saturated rings. The zero-order valence-corrected chi connectivity index (χ0v) is 35.1. The van der Waals surface area contributed by atoms with Gasteiger partial charge in [0.25, 0.3) is 7.82 Å². The zero-order chi connectivity index (χ0) is 38.1. The Labute approximate surface area is 314 Å². The Hall–Kier alpha value is -0.990. The van der Waals surface area contributed by atoms with Crippen LogP contribution in [-0.4, -0.2) is 70.0 Å². The predicted molar refractivity (Wildman–Crippen MR) is 208 cm³/mol. The summed E-state index contributed by atoms with van der Waals surface area (Å²) < 4.78 is 33.9. The Morgan fingerprint density at radius 3 is 1.45 bits per heavy atom. The van der Waals surface area contributed by atoms with Crippen molar-refractivity contribution < 1.29 is 42.1 Å². The summed E-state index contributed by atoms with van der Waals surface area (Å²) in [5, 5.41) is 0. The second kappa shape index (κ2) is 33.6. The molecule has 0 aliphatic carbocycles. The highest BCUT2D eigenvalue weighted by molar-refractivity contribution is 7.45. The molecule has 0 aliphatic rings. The van der Waals surface area contributed by atoms with Gasteiger partial charge in [0, 0.05) is 12.8 Å². The van der Waals surface area contributed by atoms with E-state index in [9.17, 15) is 19.0 Å². The van der Waals surface area contributed by atoms with E-state index in [0.29, 0.717) is 17.4 Å². The first-order valence-electron chi connectivity index (χ1n) is 21.1. The van der Waals surface area contributed by atoms with Gasteiger partial charge in [-0.2, -0.15) is 0 Å². The predicted octanol–water partition coefficient (Wildman–Crippen LogP) is 10.9. The number of nitrogens with zero attached hydrogens (tertiary/aromatic N) is 1. The molecule has 51 heavy (non-hydrogen) atoms. The van der Waals surface area contributed by atoms with E-state index in [1.807, 2.05) is 21.1 Å². The SMILES string of the molecule is CCCCCCCCCCCCCCCC(=O)O[C@H](COC(=O)CCCCCC[C@@H](C)CCCCCCCC)COP(=O)([O-])OCC[N+](C)(C)C. The van der Waals surface area contributed by atoms with Crippen molar-refractivity contribution in [3.8, 4) is 0 Å². The fourth-order valence-electron chi connectivity index (χ4n) is 6.08. The van der Waals surface area contributed by atoms with E-state index < -0.39 is 26.5 Å². The van der Waals surface area contributed by atoms with Crippen LogP contribution in [0.15, 0.2) is 0 Å². The van der Waals surface area contributed by atoms with Crippen LogP contribution in [-0.2, 0) is 32.7 Å². The van der Waals surface area contributed by atoms with Gasteiger partial charge in [-0.25, -0.2) is 0 Å². The van der Waals surface area contributed by atoms with E-state index in [1.54, 1.807) is 0 Å². The lowest BCUT2D eigenvalue weighted by Gasteiger charge is -2.28. The molecule has 0 bridgehead atoms. The number of phosphoric ester groups is 1. The molecule has 0 amide bonds. The first kappa shape index (κ1) is 50.0. The van der Waals surface area contributed by atoms with Gasteiger partial charge < -0.3 is 27.9 Å². The van der Waals surface area contributed by atoms with E-state index in [2.05, 4.69) is 20.8 Å². The fraction of sp³-hybridized carbons (Fsp3) is 0.951. The lowest BCUT2D eigenvalue weighted by atomic mass is 9.96. The number of phosphoric acid groups is 1. The highest BCUT2D eigenvalue weighted by atomic mass is 31.2. The molecule has 0 heterocycles. The number of unbranched alkanes of at least 4 members (excludes halogenated alkanes) is 20. The van der Waals surface area contributed by atoms with Crippen molar-refractivity contribution in [1.29, 1.82) is 0 Å². The second-order valence-corrected chi connectivity index (χ2v) is 17.4. The zero-order valence-electron chi connectivity index (χ0n) is 34.2. The maximum Gasteiger partial charge on any atom is 0.306 e. The lowest BCUT2D eigenvalue weighted by molar-refractivity contribution is -0.870. The van der Waals surface area contributed by atoms with Crippen LogP contribution in [0, 0.1) is 5.92 Å². The molecule has 3 atom stereocenters. The molecule has 0 spiro atoms. The number of carbonyl (C=O) groups excluding carboxylic acids is 2. The number of hydrogen-bond donors (Lipinski definition) is 0. The van der Waals surface area contributed by atoms with Gasteiger partial charge in [-0.15, -0.1) is 0 Å². The number of esters is 2. The normalized spacial score (nSPS) is 14.3. The van der Waals surface area contributed by atoms with Crippen LogP contribution in [0.2, 0.25) is 0 Å². The Kier molecular flexibility index (Phi) is 32.9. The van der Waals surface area contributed by atoms with Crippen LogP contribution in [0.1, 0.15) is 194 Å². The van der Waals surface area contributed by atoms with Gasteiger partial charge in [0.15, 0.2) is 6.10 Å². The summed E-state index contributed by atoms with van der Waals surface area (Å²) >= 11 is 0. The fourth-order valence-corrected chi connectivity index (χ4v) is 6.81. The summed E-state index contributed by atoms with van der Waals surface area (Å²) in [7, 11) is 1.18. The first-order chi connectivity index (χ1) is 24.4. The highest BCUT2D eigenvalue weighted by Gasteiger charge is 2.21. The van der Waals surface area contributed by atoms with Gasteiger partial charge >= 0.3 is 11.9 Å². The van der Waals surface area contributed by atoms with Crippen LogP contribution in [0.5, 0.6) is 0 Å². The average Bonchev–Trinajstić information content (AvgIpc) is 3.07. The van der Waals surface area contributed by atoms with Crippen LogP contribution in [0.25, 0.3) is 0 Å². The summed E-state index contributed by atoms with van der Waals surface area (Å²) in [4.78, 5) is 37.5. The minimum absolute atomic E-state index is 0.0270. The minimum Gasteiger partial charge on any atom is -0.756 e. The van der Waals surface area contributed by atoms with Gasteiger partial charge in [-0.3, -0.25) is 14.2 Å². The third-order valence-corrected chi connectivity index (χ3v) is 10.5. The molecule has 0 rings (SSSR count). The molecule has 0 aliphatic heterocycles. The molecule has 0 radical (unpaired) electrons. The number of quaternary nitrogens is 1. The van der Waals surface area contributed by atoms with Crippen molar-refractivity contribution in [3.63, 3.8) is 0 Å². The first-order valence-corrected chi connectivity index (χ1v) is 22.6. The van der Waals surface area contributed by atoms with Crippen LogP contribution in [0.4, 0.5) is 0 Å². The van der Waals surface area contributed by atoms with Crippen molar-refractivity contribution in [3.05, 3.63) is 0 Å². The van der Waals surface area contributed by atoms with Crippen molar-refractivity contribution in [1.82, 2.24) is 0 Å². The molecule has 304 valence electrons. The Morgan fingerprint density at radius 1 is 0.588 bits per heavy atom. The standard InChI is InChI=1S/C41H82NO8P/c1-7-9-11-13-15-16-17-18-19-20-21-23-29-33-41(44)50-39(37-49-51(45,46)48-35-34-42(4,5)6)36-47-40(43)32-28-25-24-27-31-38(3)30-26-22-14-12-10-8-2/h38-39H,7-37H2,1-6H3/t38-,39+/m0/s1. The summed E-state index contributed by atoms with van der Waals surface area (Å²) in [6.07, 6.45) is 29.8. The van der Waals surface area contributed by atoms with Crippen molar-refractivity contribution in [2.45, 2.75) is 200 Å². The van der Waals surface area contributed by atoms with E-state index in [4.69, 9.17) is 18.5 Å². The largest absolute Gasteiger partial charge is 0.756 e. The summed E-state index contributed by atoms with van der Waals surface area (Å²) in [5.74, 6) is -0.0753. The molecular formula is C41H82NO8P. The summed E-state index contributed by atoms with van der Waals surface area (Å²) in [6, 6.07) is 0. The van der Waals surface area contributed by atoms with E-state index in [1.165, 1.54) is 122 Å². The van der Waals surface area contributed by atoms with Gasteiger partial charge in [0.05, 0.1) is 27.7 Å². The lowest BCUT2D eigenvalue weighted by Crippen LogP contribution is -2.37. The van der Waals surface area contributed by atoms with Gasteiger partial charge in [-0.05, 0) is 18.8 Å². The molecular weight excluding hydrogens is 665 g/mol. The number of ether oxygens (including phenoxy) is 2. The van der Waals surface area contributed by atoms with Crippen LogP contribution in [0.3, 0.4) is 0 Å². The van der Waals surface area contributed by atoms with E-state index in [-0.39, 0.29) is 32.0 Å². The van der Waals surface area contributed by atoms with E-state index >= 15 is 0 Å². The van der Waals surface area contributed by atoms with Crippen molar-refractivity contribution >= 4 is 19.8 Å². The third-order valence-electron chi connectivity index (χ3n) is 9.52. The molecule has 10 heteroatoms. The van der Waals surface area contributed by atoms with Crippen LogP contribution >= 0.6 is 7.82 Å². The van der Waals surface area contributed by atoms with Crippen molar-refractivity contribution in [2.24, 2.45) is 5.92 Å². The minimum atomic E-state index is -4.61. The van der Waals surface area contributed by atoms with E-state index in [0.717, 1.165) is 38.0 Å². The molecule has 0 aromatic heterocycles. The average molecular weight is 748 g/mol. The number of carbonyl (C=O) groups is 2. The summed E-state index contributed by atoms with van der Waals surface area (Å²) in [5.41, 5.74) is 0. The molecule has 0 saturated carbocycles. The molecule has 1 unspecified atom stereocenters. The quantitative estimate of drug-likeness (QED) is 0.0266. The monoisotopic (exact) mass is 748 g/mol. The number of likely N-dealkylation sites (N-methyl/N-ethyl adjacent to an activating group) is 1. The summed E-state index contributed by atoms with van der Waals surface area (Å²) in [6.45, 7) is 6.58. The van der Waals surface area contributed by atoms with Gasteiger partial charge in [0.2, 0.25) is 0 Å². The maximum absolute atomic E-state index is 12.6. The Bertz CT molecular complexity index is 865. The Balaban J connectivity index is 4.43. The third kappa shape index (κ3) is 37.1. The molecule has 9 nitrogen and oxygen atoms in total. The smallest absolute Gasteiger partial charge is 0.306 e. The number of hydrogen-bond acceptors (Lipinski definition) is 8. The molecule has 0 saturated heterocycles. The van der Waals surface area contributed by atoms with Crippen LogP contribution < -0.4 is 4.89 Å².